The van der Waals surface area contributed by atoms with Crippen molar-refractivity contribution >= 4 is 18.1 Å². The average molecular weight is 185 g/mol. The normalized spacial score (nSPS) is 8.08. The van der Waals surface area contributed by atoms with E-state index in [0.29, 0.717) is 12.2 Å². The second-order valence-corrected chi connectivity index (χ2v) is 2.06. The predicted molar refractivity (Wildman–Crippen MR) is 50.4 cm³/mol. The van der Waals surface area contributed by atoms with Gasteiger partial charge in [0.25, 0.3) is 0 Å². The third kappa shape index (κ3) is 2.80. The highest BCUT2D eigenvalue weighted by Gasteiger charge is 1.88. The Hall–Kier alpha value is -1.22. The lowest BCUT2D eigenvalue weighted by molar-refractivity contribution is 1.07. The molecule has 0 saturated carbocycles. The summed E-state index contributed by atoms with van der Waals surface area (Å²) in [5.41, 5.74) is 15.1. The Bertz CT molecular complexity index is 276. The van der Waals surface area contributed by atoms with Crippen LogP contribution >= 0.6 is 12.4 Å². The summed E-state index contributed by atoms with van der Waals surface area (Å²) in [6.07, 6.45) is 0. The van der Waals surface area contributed by atoms with Gasteiger partial charge in [-0.3, -0.25) is 0 Å². The van der Waals surface area contributed by atoms with Gasteiger partial charge in [0.15, 0.2) is 0 Å². The van der Waals surface area contributed by atoms with Crippen molar-refractivity contribution < 1.29 is 0 Å². The lowest BCUT2D eigenvalue weighted by atomic mass is 10.2. The van der Waals surface area contributed by atoms with Crippen LogP contribution in [0.25, 0.3) is 10.4 Å². The molecule has 0 spiro atoms. The molecular formula is C7H9ClN4. The van der Waals surface area contributed by atoms with Gasteiger partial charge < -0.3 is 5.73 Å². The van der Waals surface area contributed by atoms with Gasteiger partial charge in [0, 0.05) is 17.1 Å². The molecular weight excluding hydrogens is 176 g/mol. The van der Waals surface area contributed by atoms with E-state index in [-0.39, 0.29) is 12.4 Å². The van der Waals surface area contributed by atoms with Gasteiger partial charge in [-0.1, -0.05) is 29.4 Å². The molecule has 64 valence electrons. The minimum Gasteiger partial charge on any atom is -0.326 e. The van der Waals surface area contributed by atoms with Crippen molar-refractivity contribution in [2.45, 2.75) is 6.54 Å². The molecule has 0 bridgehead atoms. The minimum absolute atomic E-state index is 0. The van der Waals surface area contributed by atoms with Crippen LogP contribution in [0.3, 0.4) is 0 Å². The number of nitrogens with two attached hydrogens (primary N) is 1. The predicted octanol–water partition coefficient (Wildman–Crippen LogP) is 2.51. The monoisotopic (exact) mass is 184 g/mol. The topological polar surface area (TPSA) is 74.8 Å². The molecule has 0 atom stereocenters. The van der Waals surface area contributed by atoms with E-state index in [2.05, 4.69) is 10.0 Å². The standard InChI is InChI=1S/C7H8N4.ClH/c8-5-6-1-3-7(4-2-6)10-11-9;/h1-4H,5,8H2;1H. The first-order valence-corrected chi connectivity index (χ1v) is 3.21. The maximum absolute atomic E-state index is 8.08. The third-order valence-corrected chi connectivity index (χ3v) is 1.33. The molecule has 0 aliphatic heterocycles. The lowest BCUT2D eigenvalue weighted by Gasteiger charge is -1.94. The molecule has 0 aromatic heterocycles. The Labute approximate surface area is 76.4 Å². The number of hydrogen-bond acceptors (Lipinski definition) is 2. The van der Waals surface area contributed by atoms with Crippen LogP contribution in [-0.2, 0) is 6.54 Å². The highest BCUT2D eigenvalue weighted by atomic mass is 35.5. The van der Waals surface area contributed by atoms with Crippen molar-refractivity contribution in [3.63, 3.8) is 0 Å². The maximum atomic E-state index is 8.08. The highest BCUT2D eigenvalue weighted by Crippen LogP contribution is 2.12. The summed E-state index contributed by atoms with van der Waals surface area (Å²) in [5, 5.41) is 3.42. The molecule has 4 nitrogen and oxygen atoms in total. The Kier molecular flexibility index (Phi) is 4.88. The van der Waals surface area contributed by atoms with E-state index < -0.39 is 0 Å². The first kappa shape index (κ1) is 10.8. The van der Waals surface area contributed by atoms with E-state index in [0.717, 1.165) is 5.56 Å². The van der Waals surface area contributed by atoms with Crippen LogP contribution in [0.15, 0.2) is 29.4 Å². The summed E-state index contributed by atoms with van der Waals surface area (Å²) >= 11 is 0. The molecule has 5 heteroatoms. The third-order valence-electron chi connectivity index (χ3n) is 1.33. The van der Waals surface area contributed by atoms with Crippen LogP contribution in [0.4, 0.5) is 5.69 Å². The lowest BCUT2D eigenvalue weighted by Crippen LogP contribution is -1.94. The zero-order valence-electron chi connectivity index (χ0n) is 6.34. The molecule has 1 aromatic carbocycles. The number of benzene rings is 1. The van der Waals surface area contributed by atoms with Gasteiger partial charge in [-0.2, -0.15) is 0 Å². The van der Waals surface area contributed by atoms with E-state index in [1.807, 2.05) is 12.1 Å². The fourth-order valence-corrected chi connectivity index (χ4v) is 0.750. The van der Waals surface area contributed by atoms with E-state index in [1.165, 1.54) is 0 Å². The number of azide groups is 1. The summed E-state index contributed by atoms with van der Waals surface area (Å²) < 4.78 is 0. The molecule has 0 aliphatic carbocycles. The van der Waals surface area contributed by atoms with Crippen LogP contribution in [0, 0.1) is 0 Å². The fourth-order valence-electron chi connectivity index (χ4n) is 0.750. The molecule has 12 heavy (non-hydrogen) atoms. The molecule has 2 N–H and O–H groups in total. The summed E-state index contributed by atoms with van der Waals surface area (Å²) in [6, 6.07) is 7.15. The molecule has 1 aromatic rings. The van der Waals surface area contributed by atoms with Crippen LogP contribution in [-0.4, -0.2) is 0 Å². The largest absolute Gasteiger partial charge is 0.326 e. The summed E-state index contributed by atoms with van der Waals surface area (Å²) in [7, 11) is 0. The van der Waals surface area contributed by atoms with Gasteiger partial charge in [-0.15, -0.1) is 12.4 Å². The average Bonchev–Trinajstić information content (AvgIpc) is 2.07. The van der Waals surface area contributed by atoms with Gasteiger partial charge >= 0.3 is 0 Å². The molecule has 0 heterocycles. The number of halogens is 1. The molecule has 1 rings (SSSR count). The van der Waals surface area contributed by atoms with Crippen LogP contribution in [0.1, 0.15) is 5.56 Å². The van der Waals surface area contributed by atoms with Crippen LogP contribution in [0.5, 0.6) is 0 Å². The van der Waals surface area contributed by atoms with E-state index in [4.69, 9.17) is 11.3 Å². The van der Waals surface area contributed by atoms with Gasteiger partial charge in [0.05, 0.1) is 0 Å². The SMILES string of the molecule is Cl.[N-]=[N+]=Nc1ccc(CN)cc1. The van der Waals surface area contributed by atoms with Crippen molar-refractivity contribution in [2.24, 2.45) is 10.8 Å². The van der Waals surface area contributed by atoms with Crippen molar-refractivity contribution in [1.29, 1.82) is 0 Å². The number of nitrogens with zero attached hydrogens (tertiary/aromatic N) is 3. The molecule has 0 saturated heterocycles. The quantitative estimate of drug-likeness (QED) is 0.428. The Morgan fingerprint density at radius 3 is 2.33 bits per heavy atom. The molecule has 0 radical (unpaired) electrons. The van der Waals surface area contributed by atoms with E-state index in [9.17, 15) is 0 Å². The fraction of sp³-hybridized carbons (Fsp3) is 0.143. The second-order valence-electron chi connectivity index (χ2n) is 2.06. The first-order chi connectivity index (χ1) is 5.36. The van der Waals surface area contributed by atoms with E-state index in [1.54, 1.807) is 12.1 Å². The minimum atomic E-state index is 0. The number of hydrogen-bond donors (Lipinski definition) is 1. The van der Waals surface area contributed by atoms with Crippen molar-refractivity contribution in [2.75, 3.05) is 0 Å². The number of rotatable bonds is 2. The highest BCUT2D eigenvalue weighted by molar-refractivity contribution is 5.85. The molecule has 0 unspecified atom stereocenters. The summed E-state index contributed by atoms with van der Waals surface area (Å²) in [5.74, 6) is 0. The Morgan fingerprint density at radius 1 is 1.33 bits per heavy atom. The second kappa shape index (κ2) is 5.43. The van der Waals surface area contributed by atoms with E-state index >= 15 is 0 Å². The molecule has 0 amide bonds. The smallest absolute Gasteiger partial charge is 0.0375 e. The van der Waals surface area contributed by atoms with Gasteiger partial charge in [0.2, 0.25) is 0 Å². The Balaban J connectivity index is 0.00000121. The van der Waals surface area contributed by atoms with Crippen molar-refractivity contribution in [1.82, 2.24) is 0 Å². The van der Waals surface area contributed by atoms with Crippen molar-refractivity contribution in [3.8, 4) is 0 Å². The molecule has 0 fully saturated rings. The zero-order chi connectivity index (χ0) is 8.10. The van der Waals surface area contributed by atoms with Gasteiger partial charge in [-0.05, 0) is 11.1 Å². The Morgan fingerprint density at radius 2 is 1.92 bits per heavy atom. The first-order valence-electron chi connectivity index (χ1n) is 3.21. The van der Waals surface area contributed by atoms with Crippen LogP contribution in [0.2, 0.25) is 0 Å². The van der Waals surface area contributed by atoms with Gasteiger partial charge in [0.1, 0.15) is 0 Å². The van der Waals surface area contributed by atoms with Gasteiger partial charge in [-0.25, -0.2) is 0 Å². The molecule has 0 aliphatic rings. The maximum Gasteiger partial charge on any atom is 0.0375 e. The summed E-state index contributed by atoms with van der Waals surface area (Å²) in [4.78, 5) is 2.66. The van der Waals surface area contributed by atoms with Crippen LogP contribution < -0.4 is 5.73 Å². The van der Waals surface area contributed by atoms with Crippen molar-refractivity contribution in [3.05, 3.63) is 40.3 Å². The zero-order valence-corrected chi connectivity index (χ0v) is 7.16. The summed E-state index contributed by atoms with van der Waals surface area (Å²) in [6.45, 7) is 0.510.